The second kappa shape index (κ2) is 6.36. The zero-order chi connectivity index (χ0) is 19.4. The molecule has 6 rings (SSSR count). The fourth-order valence-electron chi connectivity index (χ4n) is 6.46. The molecule has 4 fully saturated rings. The smallest absolute Gasteiger partial charge is 0.226 e. The minimum Gasteiger partial charge on any atom is -0.353 e. The number of aromatic nitrogens is 5. The van der Waals surface area contributed by atoms with Gasteiger partial charge in [0.15, 0.2) is 5.82 Å². The van der Waals surface area contributed by atoms with E-state index in [9.17, 15) is 4.79 Å². The highest BCUT2D eigenvalue weighted by Gasteiger charge is 2.62. The van der Waals surface area contributed by atoms with Crippen LogP contribution in [0.3, 0.4) is 0 Å². The summed E-state index contributed by atoms with van der Waals surface area (Å²) in [5, 5.41) is 16.3. The van der Waals surface area contributed by atoms with Crippen molar-refractivity contribution < 1.29 is 4.79 Å². The summed E-state index contributed by atoms with van der Waals surface area (Å²) < 4.78 is 0. The molecular weight excluding hydrogens is 352 g/mol. The monoisotopic (exact) mass is 380 g/mol. The summed E-state index contributed by atoms with van der Waals surface area (Å²) in [6.07, 6.45) is 8.81. The Morgan fingerprint density at radius 3 is 2.71 bits per heavy atom. The van der Waals surface area contributed by atoms with E-state index >= 15 is 0 Å². The van der Waals surface area contributed by atoms with E-state index < -0.39 is 0 Å². The minimum absolute atomic E-state index is 0.0677. The number of rotatable bonds is 5. The largest absolute Gasteiger partial charge is 0.353 e. The summed E-state index contributed by atoms with van der Waals surface area (Å²) in [4.78, 5) is 19.7. The fourth-order valence-corrected chi connectivity index (χ4v) is 6.46. The lowest BCUT2D eigenvalue weighted by Gasteiger charge is -2.60. The molecule has 4 aliphatic rings. The van der Waals surface area contributed by atoms with E-state index in [4.69, 9.17) is 0 Å². The second-order valence-corrected chi connectivity index (χ2v) is 9.49. The lowest BCUT2D eigenvalue weighted by atomic mass is 9.46. The van der Waals surface area contributed by atoms with Gasteiger partial charge in [0.05, 0.1) is 11.0 Å². The molecular formula is C21H28N6O. The summed E-state index contributed by atoms with van der Waals surface area (Å²) >= 11 is 0. The lowest BCUT2D eigenvalue weighted by Crippen LogP contribution is -2.62. The van der Waals surface area contributed by atoms with Gasteiger partial charge in [0.1, 0.15) is 0 Å². The van der Waals surface area contributed by atoms with Gasteiger partial charge in [-0.05, 0) is 81.6 Å². The number of aryl methyl sites for hydroxylation is 1. The first-order chi connectivity index (χ1) is 13.5. The van der Waals surface area contributed by atoms with Crippen molar-refractivity contribution >= 4 is 5.91 Å². The van der Waals surface area contributed by atoms with E-state index in [2.05, 4.69) is 32.6 Å². The average Bonchev–Trinajstić information content (AvgIpc) is 3.09. The van der Waals surface area contributed by atoms with Gasteiger partial charge in [-0.2, -0.15) is 4.80 Å². The van der Waals surface area contributed by atoms with Crippen LogP contribution in [0.25, 0.3) is 0 Å². The minimum atomic E-state index is -0.288. The molecule has 0 spiro atoms. The van der Waals surface area contributed by atoms with Crippen LogP contribution >= 0.6 is 0 Å². The van der Waals surface area contributed by atoms with Crippen molar-refractivity contribution in [3.8, 4) is 0 Å². The third kappa shape index (κ3) is 2.91. The highest BCUT2D eigenvalue weighted by Crippen LogP contribution is 2.64. The van der Waals surface area contributed by atoms with Gasteiger partial charge in [0, 0.05) is 24.4 Å². The number of nitrogens with one attached hydrogen (secondary N) is 1. The van der Waals surface area contributed by atoms with Crippen LogP contribution in [0.15, 0.2) is 24.4 Å². The van der Waals surface area contributed by atoms with Gasteiger partial charge in [-0.15, -0.1) is 10.2 Å². The molecule has 0 aliphatic heterocycles. The van der Waals surface area contributed by atoms with Gasteiger partial charge < -0.3 is 5.32 Å². The number of hydrogen-bond acceptors (Lipinski definition) is 5. The molecule has 1 amide bonds. The summed E-state index contributed by atoms with van der Waals surface area (Å²) in [5.74, 6) is 2.10. The fraction of sp³-hybridized carbons (Fsp3) is 0.667. The summed E-state index contributed by atoms with van der Waals surface area (Å²) in [6, 6.07) is 5.99. The van der Waals surface area contributed by atoms with Gasteiger partial charge >= 0.3 is 0 Å². The molecule has 1 N–H and O–H groups in total. The van der Waals surface area contributed by atoms with E-state index in [0.717, 1.165) is 44.2 Å². The lowest BCUT2D eigenvalue weighted by molar-refractivity contribution is -0.158. The van der Waals surface area contributed by atoms with Crippen LogP contribution in [0.5, 0.6) is 0 Å². The molecule has 3 atom stereocenters. The van der Waals surface area contributed by atoms with Crippen LogP contribution in [0.1, 0.15) is 57.0 Å². The SMILES string of the molecule is Cc1nnn(C23C[C@H]4C[C@@H](CC(C(=O)N[C@@H](C)Cc5ccccn5)(C4)C2)C3)n1. The number of amides is 1. The zero-order valence-electron chi connectivity index (χ0n) is 16.6. The van der Waals surface area contributed by atoms with Gasteiger partial charge in [-0.1, -0.05) is 6.07 Å². The molecule has 4 aliphatic carbocycles. The van der Waals surface area contributed by atoms with E-state index in [-0.39, 0.29) is 22.9 Å². The molecule has 0 radical (unpaired) electrons. The van der Waals surface area contributed by atoms with Gasteiger partial charge in [-0.3, -0.25) is 9.78 Å². The Morgan fingerprint density at radius 1 is 1.29 bits per heavy atom. The maximum absolute atomic E-state index is 13.5. The quantitative estimate of drug-likeness (QED) is 0.861. The third-order valence-electron chi connectivity index (χ3n) is 7.07. The first-order valence-corrected chi connectivity index (χ1v) is 10.4. The Bertz CT molecular complexity index is 864. The van der Waals surface area contributed by atoms with E-state index in [1.165, 1.54) is 6.42 Å². The maximum atomic E-state index is 13.5. The molecule has 0 saturated heterocycles. The van der Waals surface area contributed by atoms with Crippen LogP contribution in [-0.4, -0.2) is 37.1 Å². The number of tetrazole rings is 1. The standard InChI is InChI=1S/C21H28N6O/c1-14(7-18-5-3-4-6-22-18)23-19(28)20-9-16-8-17(10-20)12-21(11-16,13-20)27-25-15(2)24-26-27/h3-6,14,16-17H,7-13H2,1-2H3,(H,23,28)/t14-,16-,17-,20?,21?/m0/s1. The van der Waals surface area contributed by atoms with Crippen molar-refractivity contribution in [2.75, 3.05) is 0 Å². The van der Waals surface area contributed by atoms with Crippen molar-refractivity contribution in [1.82, 2.24) is 30.5 Å². The van der Waals surface area contributed by atoms with Crippen molar-refractivity contribution in [3.63, 3.8) is 0 Å². The molecule has 4 saturated carbocycles. The first kappa shape index (κ1) is 17.8. The first-order valence-electron chi connectivity index (χ1n) is 10.4. The third-order valence-corrected chi connectivity index (χ3v) is 7.07. The van der Waals surface area contributed by atoms with Gasteiger partial charge in [0.25, 0.3) is 0 Å². The van der Waals surface area contributed by atoms with Crippen LogP contribution in [0.4, 0.5) is 0 Å². The molecule has 0 unspecified atom stereocenters. The van der Waals surface area contributed by atoms with Crippen LogP contribution in [0, 0.1) is 24.2 Å². The molecule has 28 heavy (non-hydrogen) atoms. The molecule has 7 heteroatoms. The molecule has 2 heterocycles. The number of carbonyl (C=O) groups is 1. The highest BCUT2D eigenvalue weighted by molar-refractivity contribution is 5.83. The molecule has 148 valence electrons. The Morgan fingerprint density at radius 2 is 2.07 bits per heavy atom. The second-order valence-electron chi connectivity index (χ2n) is 9.49. The number of nitrogens with zero attached hydrogens (tertiary/aromatic N) is 5. The molecule has 2 aromatic heterocycles. The summed E-state index contributed by atoms with van der Waals surface area (Å²) in [6.45, 7) is 3.96. The van der Waals surface area contributed by atoms with Crippen molar-refractivity contribution in [2.24, 2.45) is 17.3 Å². The highest BCUT2D eigenvalue weighted by atomic mass is 16.2. The summed E-state index contributed by atoms with van der Waals surface area (Å²) in [5.41, 5.74) is 0.594. The van der Waals surface area contributed by atoms with Crippen molar-refractivity contribution in [3.05, 3.63) is 35.9 Å². The Balaban J connectivity index is 1.36. The number of hydrogen-bond donors (Lipinski definition) is 1. The number of carbonyl (C=O) groups excluding carboxylic acids is 1. The van der Waals surface area contributed by atoms with Crippen LogP contribution in [-0.2, 0) is 16.8 Å². The van der Waals surface area contributed by atoms with Gasteiger partial charge in [-0.25, -0.2) is 0 Å². The number of pyridine rings is 1. The van der Waals surface area contributed by atoms with E-state index in [1.54, 1.807) is 6.20 Å². The Labute approximate surface area is 165 Å². The molecule has 0 aromatic carbocycles. The Kier molecular flexibility index (Phi) is 4.03. The summed E-state index contributed by atoms with van der Waals surface area (Å²) in [7, 11) is 0. The Hall–Kier alpha value is -2.31. The predicted octanol–water partition coefficient (Wildman–Crippen LogP) is 2.42. The zero-order valence-corrected chi connectivity index (χ0v) is 16.6. The molecule has 7 nitrogen and oxygen atoms in total. The van der Waals surface area contributed by atoms with Crippen LogP contribution in [0.2, 0.25) is 0 Å². The van der Waals surface area contributed by atoms with E-state index in [1.807, 2.05) is 29.9 Å². The molecule has 2 aromatic rings. The average molecular weight is 380 g/mol. The normalized spacial score (nSPS) is 34.4. The maximum Gasteiger partial charge on any atom is 0.226 e. The van der Waals surface area contributed by atoms with Crippen molar-refractivity contribution in [2.45, 2.75) is 70.4 Å². The van der Waals surface area contributed by atoms with Crippen molar-refractivity contribution in [1.29, 1.82) is 0 Å². The predicted molar refractivity (Wildman–Crippen MR) is 103 cm³/mol. The van der Waals surface area contributed by atoms with Gasteiger partial charge in [0.2, 0.25) is 5.91 Å². The molecule has 4 bridgehead atoms. The van der Waals surface area contributed by atoms with E-state index in [0.29, 0.717) is 17.7 Å². The van der Waals surface area contributed by atoms with Crippen LogP contribution < -0.4 is 5.32 Å². The topological polar surface area (TPSA) is 85.6 Å².